The molecule has 4 aromatic rings. The second kappa shape index (κ2) is 11.5. The summed E-state index contributed by atoms with van der Waals surface area (Å²) in [7, 11) is 0.381. The Labute approximate surface area is 229 Å². The van der Waals surface area contributed by atoms with E-state index in [9.17, 15) is 8.42 Å². The largest absolute Gasteiger partial charge is 0.494 e. The van der Waals surface area contributed by atoms with E-state index in [1.165, 1.54) is 32.8 Å². The average Bonchev–Trinajstić information content (AvgIpc) is 3.31. The molecule has 1 N–H and O–H groups in total. The Morgan fingerprint density at radius 3 is 2.29 bits per heavy atom. The van der Waals surface area contributed by atoms with Gasteiger partial charge in [0.25, 0.3) is 0 Å². The molecule has 11 nitrogen and oxygen atoms in total. The molecule has 4 rings (SSSR count). The van der Waals surface area contributed by atoms with Crippen LogP contribution in [0, 0.1) is 6.92 Å². The predicted molar refractivity (Wildman–Crippen MR) is 146 cm³/mol. The first-order chi connectivity index (χ1) is 18.2. The molecule has 38 heavy (non-hydrogen) atoms. The number of aromatic nitrogens is 5. The zero-order chi connectivity index (χ0) is 27.4. The zero-order valence-corrected chi connectivity index (χ0v) is 23.8. The Morgan fingerprint density at radius 2 is 1.71 bits per heavy atom. The van der Waals surface area contributed by atoms with Crippen LogP contribution in [0.3, 0.4) is 0 Å². The maximum absolute atomic E-state index is 13.6. The van der Waals surface area contributed by atoms with Crippen LogP contribution >= 0.6 is 15.9 Å². The quantitative estimate of drug-likeness (QED) is 0.282. The number of benzene rings is 1. The van der Waals surface area contributed by atoms with Crippen molar-refractivity contribution in [2.75, 3.05) is 26.1 Å². The van der Waals surface area contributed by atoms with Gasteiger partial charge in [-0.3, -0.25) is 19.3 Å². The minimum atomic E-state index is -4.08. The number of hydrogen-bond donors (Lipinski definition) is 1. The number of ether oxygens (including phenoxy) is 3. The predicted octanol–water partition coefficient (Wildman–Crippen LogP) is 4.33. The molecule has 0 amide bonds. The Kier molecular flexibility index (Phi) is 8.29. The number of nitrogens with zero attached hydrogens (tertiary/aromatic N) is 5. The van der Waals surface area contributed by atoms with Crippen LogP contribution in [-0.2, 0) is 14.8 Å². The van der Waals surface area contributed by atoms with E-state index in [-0.39, 0.29) is 5.95 Å². The second-order valence-corrected chi connectivity index (χ2v) is 11.3. The van der Waals surface area contributed by atoms with Gasteiger partial charge in [0.15, 0.2) is 5.82 Å². The van der Waals surface area contributed by atoms with E-state index >= 15 is 0 Å². The molecular weight excluding hydrogens is 576 g/mol. The fourth-order valence-electron chi connectivity index (χ4n) is 3.97. The molecule has 2 atom stereocenters. The highest BCUT2D eigenvalue weighted by atomic mass is 79.9. The van der Waals surface area contributed by atoms with Crippen molar-refractivity contribution >= 4 is 31.9 Å². The third-order valence-corrected chi connectivity index (χ3v) is 8.03. The Bertz CT molecular complexity index is 1510. The van der Waals surface area contributed by atoms with Gasteiger partial charge in [0.2, 0.25) is 16.0 Å². The van der Waals surface area contributed by atoms with Crippen LogP contribution in [0.25, 0.3) is 17.1 Å². The number of halogens is 1. The molecular formula is C25H27BrN6O5S. The molecule has 0 aliphatic heterocycles. The molecule has 0 aliphatic carbocycles. The SMILES string of the molecule is COc1cccc(OC)c1-n1c(NS(=O)(=O)[C@@H](C)[C@H](OC)c2ccc(Br)cn2)nnc1-c1cncc(C)c1. The number of aryl methyl sites for hydroxylation is 1. The number of pyridine rings is 2. The molecule has 0 fully saturated rings. The highest BCUT2D eigenvalue weighted by molar-refractivity contribution is 9.10. The van der Waals surface area contributed by atoms with Crippen LogP contribution in [0.2, 0.25) is 0 Å². The third-order valence-electron chi connectivity index (χ3n) is 5.87. The van der Waals surface area contributed by atoms with Crippen LogP contribution in [-0.4, -0.2) is 59.7 Å². The van der Waals surface area contributed by atoms with Gasteiger partial charge in [-0.05, 0) is 65.7 Å². The Morgan fingerprint density at radius 1 is 1.00 bits per heavy atom. The van der Waals surface area contributed by atoms with Gasteiger partial charge in [-0.25, -0.2) is 8.42 Å². The van der Waals surface area contributed by atoms with Crippen LogP contribution in [0.1, 0.15) is 24.3 Å². The number of hydrogen-bond acceptors (Lipinski definition) is 9. The molecule has 1 aromatic carbocycles. The van der Waals surface area contributed by atoms with Crippen LogP contribution < -0.4 is 14.2 Å². The Balaban J connectivity index is 1.84. The lowest BCUT2D eigenvalue weighted by Gasteiger charge is -2.23. The molecule has 3 heterocycles. The van der Waals surface area contributed by atoms with Crippen molar-refractivity contribution in [1.82, 2.24) is 24.7 Å². The topological polar surface area (TPSA) is 130 Å². The summed E-state index contributed by atoms with van der Waals surface area (Å²) in [5.41, 5.74) is 2.40. The van der Waals surface area contributed by atoms with Crippen molar-refractivity contribution in [3.05, 3.63) is 70.7 Å². The first kappa shape index (κ1) is 27.5. The molecule has 0 spiro atoms. The summed E-state index contributed by atoms with van der Waals surface area (Å²) >= 11 is 3.34. The number of rotatable bonds is 10. The van der Waals surface area contributed by atoms with E-state index in [4.69, 9.17) is 14.2 Å². The second-order valence-electron chi connectivity index (χ2n) is 8.35. The van der Waals surface area contributed by atoms with Crippen molar-refractivity contribution in [3.63, 3.8) is 0 Å². The summed E-state index contributed by atoms with van der Waals surface area (Å²) in [6.07, 6.45) is 4.07. The van der Waals surface area contributed by atoms with Crippen LogP contribution in [0.15, 0.2) is 59.5 Å². The summed E-state index contributed by atoms with van der Waals surface area (Å²) in [5.74, 6) is 1.13. The summed E-state index contributed by atoms with van der Waals surface area (Å²) in [5, 5.41) is 7.48. The summed E-state index contributed by atoms with van der Waals surface area (Å²) in [4.78, 5) is 8.57. The maximum atomic E-state index is 13.6. The first-order valence-electron chi connectivity index (χ1n) is 11.4. The average molecular weight is 603 g/mol. The van der Waals surface area contributed by atoms with E-state index in [2.05, 4.69) is 40.8 Å². The lowest BCUT2D eigenvalue weighted by molar-refractivity contribution is 0.0989. The van der Waals surface area contributed by atoms with Crippen molar-refractivity contribution < 1.29 is 22.6 Å². The first-order valence-corrected chi connectivity index (χ1v) is 13.8. The minimum absolute atomic E-state index is 0.0604. The number of methoxy groups -OCH3 is 3. The lowest BCUT2D eigenvalue weighted by Crippen LogP contribution is -2.33. The van der Waals surface area contributed by atoms with Gasteiger partial charge in [-0.2, -0.15) is 0 Å². The van der Waals surface area contributed by atoms with Crippen molar-refractivity contribution in [3.8, 4) is 28.6 Å². The van der Waals surface area contributed by atoms with Gasteiger partial charge in [0.05, 0.1) is 19.9 Å². The van der Waals surface area contributed by atoms with Gasteiger partial charge in [0.1, 0.15) is 28.5 Å². The summed E-state index contributed by atoms with van der Waals surface area (Å²) in [6, 6.07) is 10.6. The monoisotopic (exact) mass is 602 g/mol. The van der Waals surface area contributed by atoms with E-state index in [1.807, 2.05) is 13.0 Å². The number of nitrogens with one attached hydrogen (secondary N) is 1. The normalized spacial score (nSPS) is 13.1. The van der Waals surface area contributed by atoms with Crippen LogP contribution in [0.5, 0.6) is 11.5 Å². The fourth-order valence-corrected chi connectivity index (χ4v) is 5.35. The minimum Gasteiger partial charge on any atom is -0.494 e. The maximum Gasteiger partial charge on any atom is 0.243 e. The fraction of sp³-hybridized carbons (Fsp3) is 0.280. The van der Waals surface area contributed by atoms with Crippen molar-refractivity contribution in [2.45, 2.75) is 25.2 Å². The van der Waals surface area contributed by atoms with E-state index in [1.54, 1.807) is 48.9 Å². The third kappa shape index (κ3) is 5.49. The molecule has 0 saturated carbocycles. The lowest BCUT2D eigenvalue weighted by atomic mass is 10.2. The van der Waals surface area contributed by atoms with Gasteiger partial charge in [-0.15, -0.1) is 10.2 Å². The van der Waals surface area contributed by atoms with Crippen molar-refractivity contribution in [1.29, 1.82) is 0 Å². The molecule has 0 saturated heterocycles. The smallest absolute Gasteiger partial charge is 0.243 e. The summed E-state index contributed by atoms with van der Waals surface area (Å²) in [6.45, 7) is 3.43. The zero-order valence-electron chi connectivity index (χ0n) is 21.4. The van der Waals surface area contributed by atoms with Gasteiger partial charge in [-0.1, -0.05) is 6.07 Å². The molecule has 13 heteroatoms. The van der Waals surface area contributed by atoms with Gasteiger partial charge >= 0.3 is 0 Å². The van der Waals surface area contributed by atoms with Gasteiger partial charge < -0.3 is 14.2 Å². The molecule has 0 aliphatic rings. The molecule has 0 unspecified atom stereocenters. The highest BCUT2D eigenvalue weighted by Crippen LogP contribution is 2.38. The molecule has 0 bridgehead atoms. The number of para-hydroxylation sites is 1. The van der Waals surface area contributed by atoms with E-state index in [0.717, 1.165) is 10.0 Å². The van der Waals surface area contributed by atoms with Crippen LogP contribution in [0.4, 0.5) is 5.95 Å². The molecule has 3 aromatic heterocycles. The number of anilines is 1. The summed E-state index contributed by atoms with van der Waals surface area (Å²) < 4.78 is 49.0. The van der Waals surface area contributed by atoms with Gasteiger partial charge in [0, 0.05) is 35.7 Å². The van der Waals surface area contributed by atoms with E-state index < -0.39 is 21.4 Å². The standard InChI is InChI=1S/C25H27BrN6O5S/c1-15-11-17(13-27-12-15)24-29-30-25(32(24)22-20(35-3)7-6-8-21(22)36-4)31-38(33,34)16(2)23(37-5)19-10-9-18(26)14-28-19/h6-14,16,23H,1-5H3,(H,30,31)/t16-,23-/m0/s1. The highest BCUT2D eigenvalue weighted by Gasteiger charge is 2.34. The van der Waals surface area contributed by atoms with E-state index in [0.29, 0.717) is 34.3 Å². The Hall–Kier alpha value is -3.55. The number of sulfonamides is 1. The van der Waals surface area contributed by atoms with Crippen molar-refractivity contribution in [2.24, 2.45) is 0 Å². The molecule has 200 valence electrons. The molecule has 0 radical (unpaired) electrons.